The highest BCUT2D eigenvalue weighted by molar-refractivity contribution is 6.32. The molecule has 0 radical (unpaired) electrons. The molecule has 0 saturated carbocycles. The summed E-state index contributed by atoms with van der Waals surface area (Å²) in [7, 11) is 1.65. The molecule has 1 aliphatic rings. The SMILES string of the molecule is COc1cc2c3c([nH]c2cc1Cl)C(CN)CCC3. The Kier molecular flexibility index (Phi) is 2.96. The van der Waals surface area contributed by atoms with Gasteiger partial charge in [0.25, 0.3) is 0 Å². The highest BCUT2D eigenvalue weighted by Crippen LogP contribution is 2.39. The Bertz CT molecular complexity index is 591. The smallest absolute Gasteiger partial charge is 0.138 e. The first-order valence-corrected chi connectivity index (χ1v) is 6.70. The van der Waals surface area contributed by atoms with Crippen LogP contribution in [0.25, 0.3) is 10.9 Å². The van der Waals surface area contributed by atoms with Gasteiger partial charge in [-0.05, 0) is 37.0 Å². The third-order valence-corrected chi connectivity index (χ3v) is 4.18. The number of methoxy groups -OCH3 is 1. The van der Waals surface area contributed by atoms with Gasteiger partial charge in [-0.2, -0.15) is 0 Å². The number of hydrogen-bond acceptors (Lipinski definition) is 2. The zero-order valence-corrected chi connectivity index (χ0v) is 11.2. The van der Waals surface area contributed by atoms with Gasteiger partial charge in [0.1, 0.15) is 5.75 Å². The van der Waals surface area contributed by atoms with E-state index in [4.69, 9.17) is 22.1 Å². The molecule has 1 aliphatic carbocycles. The molecule has 0 aliphatic heterocycles. The van der Waals surface area contributed by atoms with Crippen LogP contribution in [0.2, 0.25) is 5.02 Å². The summed E-state index contributed by atoms with van der Waals surface area (Å²) >= 11 is 6.17. The average Bonchev–Trinajstić information content (AvgIpc) is 2.74. The molecule has 0 saturated heterocycles. The van der Waals surface area contributed by atoms with Crippen LogP contribution in [0.15, 0.2) is 12.1 Å². The number of ether oxygens (including phenoxy) is 1. The van der Waals surface area contributed by atoms with E-state index in [9.17, 15) is 0 Å². The summed E-state index contributed by atoms with van der Waals surface area (Å²) in [6.07, 6.45) is 3.48. The van der Waals surface area contributed by atoms with Crippen molar-refractivity contribution in [3.8, 4) is 5.75 Å². The molecule has 4 heteroatoms. The molecular formula is C14H17ClN2O. The number of aryl methyl sites for hydroxylation is 1. The van der Waals surface area contributed by atoms with E-state index in [1.54, 1.807) is 7.11 Å². The van der Waals surface area contributed by atoms with E-state index in [-0.39, 0.29) is 0 Å². The number of fused-ring (bicyclic) bond motifs is 3. The predicted octanol–water partition coefficient (Wildman–Crippen LogP) is 3.21. The van der Waals surface area contributed by atoms with Crippen molar-refractivity contribution in [2.45, 2.75) is 25.2 Å². The third kappa shape index (κ3) is 1.70. The van der Waals surface area contributed by atoms with Crippen LogP contribution < -0.4 is 10.5 Å². The first-order chi connectivity index (χ1) is 8.74. The molecule has 1 aromatic carbocycles. The topological polar surface area (TPSA) is 51.0 Å². The molecule has 0 fully saturated rings. The monoisotopic (exact) mass is 264 g/mol. The highest BCUT2D eigenvalue weighted by Gasteiger charge is 2.23. The molecule has 96 valence electrons. The van der Waals surface area contributed by atoms with Crippen molar-refractivity contribution in [1.29, 1.82) is 0 Å². The van der Waals surface area contributed by atoms with Crippen LogP contribution in [0, 0.1) is 0 Å². The predicted molar refractivity (Wildman–Crippen MR) is 74.6 cm³/mol. The molecule has 0 amide bonds. The van der Waals surface area contributed by atoms with E-state index in [0.29, 0.717) is 17.5 Å². The molecule has 3 rings (SSSR count). The van der Waals surface area contributed by atoms with Gasteiger partial charge in [0.15, 0.2) is 0 Å². The molecule has 1 atom stereocenters. The maximum Gasteiger partial charge on any atom is 0.138 e. The minimum absolute atomic E-state index is 0.450. The van der Waals surface area contributed by atoms with Gasteiger partial charge in [-0.15, -0.1) is 0 Å². The first-order valence-electron chi connectivity index (χ1n) is 6.32. The number of H-pyrrole nitrogens is 1. The number of benzene rings is 1. The van der Waals surface area contributed by atoms with Crippen LogP contribution >= 0.6 is 11.6 Å². The fourth-order valence-electron chi connectivity index (χ4n) is 2.95. The standard InChI is InChI=1S/C14H17ClN2O/c1-18-13-5-10-9-4-2-3-8(7-16)14(9)17-12(10)6-11(13)15/h5-6,8,17H,2-4,7,16H2,1H3. The number of hydrogen-bond donors (Lipinski definition) is 2. The van der Waals surface area contributed by atoms with E-state index in [1.165, 1.54) is 29.5 Å². The maximum absolute atomic E-state index is 6.17. The Morgan fingerprint density at radius 1 is 1.50 bits per heavy atom. The van der Waals surface area contributed by atoms with Crippen molar-refractivity contribution >= 4 is 22.5 Å². The van der Waals surface area contributed by atoms with Gasteiger partial charge in [-0.1, -0.05) is 11.6 Å². The molecule has 3 nitrogen and oxygen atoms in total. The van der Waals surface area contributed by atoms with E-state index in [1.807, 2.05) is 12.1 Å². The molecular weight excluding hydrogens is 248 g/mol. The molecule has 0 bridgehead atoms. The average molecular weight is 265 g/mol. The number of aromatic amines is 1. The van der Waals surface area contributed by atoms with Gasteiger partial charge < -0.3 is 15.5 Å². The highest BCUT2D eigenvalue weighted by atomic mass is 35.5. The second-order valence-corrected chi connectivity index (χ2v) is 5.28. The summed E-state index contributed by atoms with van der Waals surface area (Å²) in [5.74, 6) is 1.19. The van der Waals surface area contributed by atoms with Gasteiger partial charge in [-0.3, -0.25) is 0 Å². The summed E-state index contributed by atoms with van der Waals surface area (Å²) in [4.78, 5) is 3.49. The van der Waals surface area contributed by atoms with Crippen molar-refractivity contribution in [1.82, 2.24) is 4.98 Å². The van der Waals surface area contributed by atoms with Crippen molar-refractivity contribution < 1.29 is 4.74 Å². The summed E-state index contributed by atoms with van der Waals surface area (Å²) in [6, 6.07) is 3.98. The zero-order chi connectivity index (χ0) is 12.7. The molecule has 1 aromatic heterocycles. The van der Waals surface area contributed by atoms with Crippen molar-refractivity contribution in [2.24, 2.45) is 5.73 Å². The lowest BCUT2D eigenvalue weighted by Crippen LogP contribution is -2.17. The van der Waals surface area contributed by atoms with E-state index >= 15 is 0 Å². The lowest BCUT2D eigenvalue weighted by Gasteiger charge is -2.20. The molecule has 2 aromatic rings. The minimum atomic E-state index is 0.450. The zero-order valence-electron chi connectivity index (χ0n) is 10.4. The van der Waals surface area contributed by atoms with Crippen molar-refractivity contribution in [3.63, 3.8) is 0 Å². The fourth-order valence-corrected chi connectivity index (χ4v) is 3.19. The largest absolute Gasteiger partial charge is 0.495 e. The Morgan fingerprint density at radius 2 is 2.33 bits per heavy atom. The number of halogens is 1. The second-order valence-electron chi connectivity index (χ2n) is 4.87. The summed E-state index contributed by atoms with van der Waals surface area (Å²) < 4.78 is 5.30. The van der Waals surface area contributed by atoms with Crippen LogP contribution in [0.1, 0.15) is 30.0 Å². The minimum Gasteiger partial charge on any atom is -0.495 e. The Hall–Kier alpha value is -1.19. The maximum atomic E-state index is 6.17. The quantitative estimate of drug-likeness (QED) is 0.875. The van der Waals surface area contributed by atoms with Gasteiger partial charge in [0.2, 0.25) is 0 Å². The Balaban J connectivity index is 2.23. The molecule has 0 spiro atoms. The van der Waals surface area contributed by atoms with E-state index in [0.717, 1.165) is 17.7 Å². The molecule has 1 heterocycles. The van der Waals surface area contributed by atoms with Crippen LogP contribution in [-0.4, -0.2) is 18.6 Å². The van der Waals surface area contributed by atoms with Gasteiger partial charge in [0.05, 0.1) is 12.1 Å². The van der Waals surface area contributed by atoms with Crippen LogP contribution in [0.3, 0.4) is 0 Å². The van der Waals surface area contributed by atoms with Crippen molar-refractivity contribution in [3.05, 3.63) is 28.4 Å². The Labute approximate surface area is 111 Å². The first kappa shape index (κ1) is 11.9. The van der Waals surface area contributed by atoms with Gasteiger partial charge in [0, 0.05) is 29.1 Å². The summed E-state index contributed by atoms with van der Waals surface area (Å²) in [5.41, 5.74) is 9.63. The summed E-state index contributed by atoms with van der Waals surface area (Å²) in [6.45, 7) is 0.699. The second kappa shape index (κ2) is 4.48. The molecule has 18 heavy (non-hydrogen) atoms. The lowest BCUT2D eigenvalue weighted by molar-refractivity contribution is 0.415. The number of nitrogens with two attached hydrogens (primary N) is 1. The molecule has 3 N–H and O–H groups in total. The third-order valence-electron chi connectivity index (χ3n) is 3.88. The van der Waals surface area contributed by atoms with Gasteiger partial charge >= 0.3 is 0 Å². The number of aromatic nitrogens is 1. The Morgan fingerprint density at radius 3 is 3.06 bits per heavy atom. The van der Waals surface area contributed by atoms with E-state index in [2.05, 4.69) is 4.98 Å². The number of nitrogens with one attached hydrogen (secondary N) is 1. The normalized spacial score (nSPS) is 18.9. The molecule has 1 unspecified atom stereocenters. The number of rotatable bonds is 2. The van der Waals surface area contributed by atoms with Crippen LogP contribution in [0.4, 0.5) is 0 Å². The van der Waals surface area contributed by atoms with E-state index < -0.39 is 0 Å². The summed E-state index contributed by atoms with van der Waals surface area (Å²) in [5, 5.41) is 1.87. The van der Waals surface area contributed by atoms with Crippen molar-refractivity contribution in [2.75, 3.05) is 13.7 Å². The van der Waals surface area contributed by atoms with Crippen LogP contribution in [-0.2, 0) is 6.42 Å². The van der Waals surface area contributed by atoms with Crippen LogP contribution in [0.5, 0.6) is 5.75 Å². The fraction of sp³-hybridized carbons (Fsp3) is 0.429. The lowest BCUT2D eigenvalue weighted by atomic mass is 9.87. The van der Waals surface area contributed by atoms with Gasteiger partial charge in [-0.25, -0.2) is 0 Å².